The Morgan fingerprint density at radius 1 is 1.21 bits per heavy atom. The molecule has 1 amide bonds. The zero-order valence-corrected chi connectivity index (χ0v) is 16.5. The molecule has 1 aromatic heterocycles. The second-order valence-corrected chi connectivity index (χ2v) is 6.85. The lowest BCUT2D eigenvalue weighted by Gasteiger charge is -2.04. The number of hydrogen-bond donors (Lipinski definition) is 1. The molecule has 0 saturated carbocycles. The Morgan fingerprint density at radius 2 is 1.96 bits per heavy atom. The van der Waals surface area contributed by atoms with Crippen molar-refractivity contribution in [2.75, 3.05) is 6.61 Å². The van der Waals surface area contributed by atoms with Crippen molar-refractivity contribution in [2.24, 2.45) is 12.1 Å². The third kappa shape index (κ3) is 5.43. The maximum absolute atomic E-state index is 12.2. The molecule has 0 saturated heterocycles. The molecule has 7 nitrogen and oxygen atoms in total. The van der Waals surface area contributed by atoms with Gasteiger partial charge in [-0.1, -0.05) is 23.9 Å². The van der Waals surface area contributed by atoms with Gasteiger partial charge in [-0.2, -0.15) is 5.10 Å². The van der Waals surface area contributed by atoms with E-state index >= 15 is 0 Å². The molecular formula is C20H21N5O2S. The predicted molar refractivity (Wildman–Crippen MR) is 110 cm³/mol. The molecule has 144 valence electrons. The van der Waals surface area contributed by atoms with Crippen molar-refractivity contribution in [1.29, 1.82) is 0 Å². The molecule has 0 aliphatic rings. The number of hydrazone groups is 1. The van der Waals surface area contributed by atoms with E-state index in [1.165, 1.54) is 0 Å². The Morgan fingerprint density at radius 3 is 2.61 bits per heavy atom. The number of aryl methyl sites for hydroxylation is 1. The number of aromatic nitrogens is 3. The Balaban J connectivity index is 1.50. The number of benzene rings is 2. The number of carbonyl (C=O) groups excluding carboxylic acids is 1. The molecule has 0 bridgehead atoms. The zero-order chi connectivity index (χ0) is 19.8. The van der Waals surface area contributed by atoms with Gasteiger partial charge in [0.25, 0.3) is 5.91 Å². The summed E-state index contributed by atoms with van der Waals surface area (Å²) in [6.07, 6.45) is 3.27. The van der Waals surface area contributed by atoms with E-state index < -0.39 is 0 Å². The zero-order valence-electron chi connectivity index (χ0n) is 15.7. The lowest BCUT2D eigenvalue weighted by Crippen LogP contribution is -2.17. The number of thioether (sulfide) groups is 1. The molecular weight excluding hydrogens is 374 g/mol. The highest BCUT2D eigenvalue weighted by Gasteiger charge is 2.06. The molecule has 8 heteroatoms. The summed E-state index contributed by atoms with van der Waals surface area (Å²) < 4.78 is 7.26. The summed E-state index contributed by atoms with van der Waals surface area (Å²) in [5.74, 6) is 1.31. The Labute approximate surface area is 167 Å². The molecule has 3 rings (SSSR count). The average molecular weight is 395 g/mol. The summed E-state index contributed by atoms with van der Waals surface area (Å²) in [6.45, 7) is 2.56. The Bertz CT molecular complexity index is 936. The van der Waals surface area contributed by atoms with Gasteiger partial charge >= 0.3 is 0 Å². The van der Waals surface area contributed by atoms with Crippen LogP contribution in [0.4, 0.5) is 0 Å². The van der Waals surface area contributed by atoms with Gasteiger partial charge in [-0.15, -0.1) is 10.2 Å². The molecule has 2 aromatic carbocycles. The van der Waals surface area contributed by atoms with Gasteiger partial charge in [0.15, 0.2) is 5.16 Å². The van der Waals surface area contributed by atoms with Crippen LogP contribution in [-0.4, -0.2) is 33.5 Å². The highest BCUT2D eigenvalue weighted by molar-refractivity contribution is 7.98. The third-order valence-electron chi connectivity index (χ3n) is 3.82. The highest BCUT2D eigenvalue weighted by Crippen LogP contribution is 2.20. The molecule has 0 unspecified atom stereocenters. The van der Waals surface area contributed by atoms with Gasteiger partial charge in [0.05, 0.1) is 12.8 Å². The van der Waals surface area contributed by atoms with E-state index in [0.29, 0.717) is 12.2 Å². The minimum atomic E-state index is -0.255. The lowest BCUT2D eigenvalue weighted by atomic mass is 10.1. The van der Waals surface area contributed by atoms with E-state index in [2.05, 4.69) is 20.7 Å². The second kappa shape index (κ2) is 9.70. The number of hydrogen-bond acceptors (Lipinski definition) is 6. The van der Waals surface area contributed by atoms with Crippen molar-refractivity contribution in [3.63, 3.8) is 0 Å². The van der Waals surface area contributed by atoms with Crippen LogP contribution in [0.5, 0.6) is 5.75 Å². The number of ether oxygens (including phenoxy) is 1. The first-order valence-corrected chi connectivity index (χ1v) is 9.76. The van der Waals surface area contributed by atoms with Gasteiger partial charge in [-0.3, -0.25) is 4.79 Å². The third-order valence-corrected chi connectivity index (χ3v) is 4.93. The van der Waals surface area contributed by atoms with Gasteiger partial charge < -0.3 is 9.30 Å². The molecule has 3 aromatic rings. The molecule has 1 heterocycles. The van der Waals surface area contributed by atoms with Gasteiger partial charge in [-0.05, 0) is 54.4 Å². The summed E-state index contributed by atoms with van der Waals surface area (Å²) in [6, 6.07) is 14.9. The number of amides is 1. The number of carbonyl (C=O) groups is 1. The van der Waals surface area contributed by atoms with Crippen molar-refractivity contribution in [3.05, 3.63) is 71.5 Å². The summed E-state index contributed by atoms with van der Waals surface area (Å²) >= 11 is 1.59. The Hall–Kier alpha value is -3.13. The van der Waals surface area contributed by atoms with E-state index in [0.717, 1.165) is 27.8 Å². The summed E-state index contributed by atoms with van der Waals surface area (Å²) in [7, 11) is 1.91. The van der Waals surface area contributed by atoms with Crippen LogP contribution < -0.4 is 10.2 Å². The standard InChI is InChI=1S/C20H21N5O2S/c1-3-27-18-10-6-15(7-11-18)12-21-23-19(26)17-8-4-16(5-9-17)13-28-20-24-22-14-25(20)2/h4-12,14H,3,13H2,1-2H3,(H,23,26)/b21-12+. The van der Waals surface area contributed by atoms with Gasteiger partial charge in [-0.25, -0.2) is 5.43 Å². The molecule has 0 fully saturated rings. The Kier molecular flexibility index (Phi) is 6.80. The fourth-order valence-corrected chi connectivity index (χ4v) is 3.19. The first-order valence-electron chi connectivity index (χ1n) is 8.77. The van der Waals surface area contributed by atoms with Crippen LogP contribution in [0.25, 0.3) is 0 Å². The maximum Gasteiger partial charge on any atom is 0.271 e. The fourth-order valence-electron chi connectivity index (χ4n) is 2.35. The van der Waals surface area contributed by atoms with Gasteiger partial charge in [0.2, 0.25) is 0 Å². The SMILES string of the molecule is CCOc1ccc(/C=N/NC(=O)c2ccc(CSc3nncn3C)cc2)cc1. The summed E-state index contributed by atoms with van der Waals surface area (Å²) in [5.41, 5.74) is 5.07. The molecule has 0 atom stereocenters. The number of rotatable bonds is 8. The van der Waals surface area contributed by atoms with Crippen LogP contribution in [0.2, 0.25) is 0 Å². The molecule has 28 heavy (non-hydrogen) atoms. The van der Waals surface area contributed by atoms with Crippen LogP contribution >= 0.6 is 11.8 Å². The van der Waals surface area contributed by atoms with Crippen LogP contribution in [0.1, 0.15) is 28.4 Å². The predicted octanol–water partition coefficient (Wildman–Crippen LogP) is 3.27. The van der Waals surface area contributed by atoms with E-state index in [1.54, 1.807) is 36.4 Å². The van der Waals surface area contributed by atoms with Crippen molar-refractivity contribution in [1.82, 2.24) is 20.2 Å². The van der Waals surface area contributed by atoms with E-state index in [9.17, 15) is 4.79 Å². The number of nitrogens with zero attached hydrogens (tertiary/aromatic N) is 4. The maximum atomic E-state index is 12.2. The fraction of sp³-hybridized carbons (Fsp3) is 0.200. The van der Waals surface area contributed by atoms with Crippen LogP contribution in [0.3, 0.4) is 0 Å². The van der Waals surface area contributed by atoms with Crippen LogP contribution in [0.15, 0.2) is 65.1 Å². The van der Waals surface area contributed by atoms with Crippen LogP contribution in [-0.2, 0) is 12.8 Å². The smallest absolute Gasteiger partial charge is 0.271 e. The topological polar surface area (TPSA) is 81.4 Å². The largest absolute Gasteiger partial charge is 0.494 e. The minimum absolute atomic E-state index is 0.255. The first-order chi connectivity index (χ1) is 13.7. The average Bonchev–Trinajstić information content (AvgIpc) is 3.13. The summed E-state index contributed by atoms with van der Waals surface area (Å²) in [4.78, 5) is 12.2. The molecule has 1 N–H and O–H groups in total. The van der Waals surface area contributed by atoms with E-state index in [1.807, 2.05) is 54.9 Å². The molecule has 0 radical (unpaired) electrons. The summed E-state index contributed by atoms with van der Waals surface area (Å²) in [5, 5.41) is 12.8. The van der Waals surface area contributed by atoms with Crippen molar-refractivity contribution < 1.29 is 9.53 Å². The van der Waals surface area contributed by atoms with Crippen molar-refractivity contribution in [3.8, 4) is 5.75 Å². The van der Waals surface area contributed by atoms with Crippen LogP contribution in [0, 0.1) is 0 Å². The molecule has 0 aliphatic heterocycles. The second-order valence-electron chi connectivity index (χ2n) is 5.91. The quantitative estimate of drug-likeness (QED) is 0.360. The van der Waals surface area contributed by atoms with E-state index in [4.69, 9.17) is 4.74 Å². The molecule has 0 aliphatic carbocycles. The first kappa shape index (κ1) is 19.6. The van der Waals surface area contributed by atoms with Gasteiger partial charge in [0, 0.05) is 18.4 Å². The normalized spacial score (nSPS) is 10.9. The monoisotopic (exact) mass is 395 g/mol. The lowest BCUT2D eigenvalue weighted by molar-refractivity contribution is 0.0955. The minimum Gasteiger partial charge on any atom is -0.494 e. The highest BCUT2D eigenvalue weighted by atomic mass is 32.2. The number of nitrogens with one attached hydrogen (secondary N) is 1. The van der Waals surface area contributed by atoms with Crippen molar-refractivity contribution >= 4 is 23.9 Å². The van der Waals surface area contributed by atoms with Crippen molar-refractivity contribution in [2.45, 2.75) is 17.8 Å². The molecule has 0 spiro atoms. The van der Waals surface area contributed by atoms with Gasteiger partial charge in [0.1, 0.15) is 12.1 Å². The van der Waals surface area contributed by atoms with E-state index in [-0.39, 0.29) is 5.91 Å².